The van der Waals surface area contributed by atoms with Gasteiger partial charge in [-0.2, -0.15) is 0 Å². The lowest BCUT2D eigenvalue weighted by atomic mass is 10.1. The minimum atomic E-state index is -0.800. The van der Waals surface area contributed by atoms with Crippen molar-refractivity contribution in [2.75, 3.05) is 6.61 Å². The van der Waals surface area contributed by atoms with Crippen LogP contribution in [0.25, 0.3) is 0 Å². The molecule has 0 rings (SSSR count). The molecule has 1 N–H and O–H groups in total. The molecule has 0 spiro atoms. The largest absolute Gasteiger partial charge is 0.451 e. The Bertz CT molecular complexity index is 289. The summed E-state index contributed by atoms with van der Waals surface area (Å²) in [7, 11) is 0. The van der Waals surface area contributed by atoms with Crippen molar-refractivity contribution in [2.45, 2.75) is 66.2 Å². The molecule has 0 aliphatic carbocycles. The van der Waals surface area contributed by atoms with Gasteiger partial charge in [0.25, 0.3) is 5.91 Å². The molecular formula is C14H27NO4. The number of ether oxygens (including phenoxy) is 2. The predicted molar refractivity (Wildman–Crippen MR) is 73.7 cm³/mol. The first kappa shape index (κ1) is 17.9. The molecule has 0 aromatic heterocycles. The van der Waals surface area contributed by atoms with Crippen LogP contribution < -0.4 is 5.32 Å². The highest BCUT2D eigenvalue weighted by molar-refractivity contribution is 5.84. The number of hydrogen-bond donors (Lipinski definition) is 1. The number of rotatable bonds is 8. The average Bonchev–Trinajstić information content (AvgIpc) is 2.27. The van der Waals surface area contributed by atoms with E-state index in [4.69, 9.17) is 9.47 Å². The summed E-state index contributed by atoms with van der Waals surface area (Å²) in [5.41, 5.74) is 0. The minimum Gasteiger partial charge on any atom is -0.451 e. The zero-order chi connectivity index (χ0) is 15.0. The van der Waals surface area contributed by atoms with Crippen molar-refractivity contribution in [3.8, 4) is 0 Å². The van der Waals surface area contributed by atoms with E-state index in [1.54, 1.807) is 13.8 Å². The number of hydrogen-bond acceptors (Lipinski definition) is 4. The van der Waals surface area contributed by atoms with Crippen molar-refractivity contribution >= 4 is 11.9 Å². The van der Waals surface area contributed by atoms with Crippen molar-refractivity contribution in [3.05, 3.63) is 0 Å². The van der Waals surface area contributed by atoms with Crippen molar-refractivity contribution in [1.82, 2.24) is 5.32 Å². The average molecular weight is 273 g/mol. The summed E-state index contributed by atoms with van der Waals surface area (Å²) in [4.78, 5) is 23.3. The SMILES string of the molecule is CC(C)CCOC(C)C(=O)OC(C)C(=O)NC(C)C. The summed E-state index contributed by atoms with van der Waals surface area (Å²) >= 11 is 0. The molecule has 0 aromatic rings. The van der Waals surface area contributed by atoms with E-state index in [2.05, 4.69) is 19.2 Å². The zero-order valence-electron chi connectivity index (χ0n) is 12.9. The third-order valence-electron chi connectivity index (χ3n) is 2.49. The molecule has 5 heteroatoms. The molecule has 0 heterocycles. The Kier molecular flexibility index (Phi) is 8.39. The van der Waals surface area contributed by atoms with E-state index in [-0.39, 0.29) is 11.9 Å². The smallest absolute Gasteiger partial charge is 0.335 e. The number of nitrogens with one attached hydrogen (secondary N) is 1. The molecule has 19 heavy (non-hydrogen) atoms. The number of amides is 1. The summed E-state index contributed by atoms with van der Waals surface area (Å²) in [6.45, 7) is 11.6. The fraction of sp³-hybridized carbons (Fsp3) is 0.857. The van der Waals surface area contributed by atoms with Crippen LogP contribution in [0.4, 0.5) is 0 Å². The quantitative estimate of drug-likeness (QED) is 0.686. The second kappa shape index (κ2) is 8.91. The molecule has 1 amide bonds. The molecule has 0 fully saturated rings. The molecule has 5 nitrogen and oxygen atoms in total. The summed E-state index contributed by atoms with van der Waals surface area (Å²) < 4.78 is 10.4. The van der Waals surface area contributed by atoms with E-state index in [1.165, 1.54) is 0 Å². The topological polar surface area (TPSA) is 64.6 Å². The van der Waals surface area contributed by atoms with Crippen LogP contribution in [-0.2, 0) is 19.1 Å². The first-order valence-corrected chi connectivity index (χ1v) is 6.86. The Labute approximate surface area is 116 Å². The lowest BCUT2D eigenvalue weighted by molar-refractivity contribution is -0.165. The summed E-state index contributed by atoms with van der Waals surface area (Å²) in [6.07, 6.45) is -0.555. The lowest BCUT2D eigenvalue weighted by Crippen LogP contribution is -2.41. The molecule has 0 bridgehead atoms. The normalized spacial score (nSPS) is 14.3. The van der Waals surface area contributed by atoms with E-state index < -0.39 is 18.2 Å². The third-order valence-corrected chi connectivity index (χ3v) is 2.49. The maximum absolute atomic E-state index is 11.7. The van der Waals surface area contributed by atoms with Crippen LogP contribution in [0.5, 0.6) is 0 Å². The van der Waals surface area contributed by atoms with E-state index in [0.717, 1.165) is 6.42 Å². The second-order valence-corrected chi connectivity index (χ2v) is 5.44. The molecule has 112 valence electrons. The van der Waals surface area contributed by atoms with Crippen LogP contribution >= 0.6 is 0 Å². The third kappa shape index (κ3) is 8.59. The Morgan fingerprint density at radius 3 is 2.05 bits per heavy atom. The molecule has 2 unspecified atom stereocenters. The van der Waals surface area contributed by atoms with Gasteiger partial charge in [-0.25, -0.2) is 4.79 Å². The first-order chi connectivity index (χ1) is 8.73. The van der Waals surface area contributed by atoms with Gasteiger partial charge in [-0.3, -0.25) is 4.79 Å². The van der Waals surface area contributed by atoms with Crippen molar-refractivity contribution in [3.63, 3.8) is 0 Å². The molecule has 2 atom stereocenters. The van der Waals surface area contributed by atoms with Crippen LogP contribution in [0.3, 0.4) is 0 Å². The van der Waals surface area contributed by atoms with Gasteiger partial charge in [-0.15, -0.1) is 0 Å². The highest BCUT2D eigenvalue weighted by Gasteiger charge is 2.22. The highest BCUT2D eigenvalue weighted by Crippen LogP contribution is 2.04. The van der Waals surface area contributed by atoms with Gasteiger partial charge in [0.2, 0.25) is 0 Å². The number of esters is 1. The van der Waals surface area contributed by atoms with Crippen LogP contribution in [0.2, 0.25) is 0 Å². The van der Waals surface area contributed by atoms with Crippen LogP contribution in [0.1, 0.15) is 48.0 Å². The van der Waals surface area contributed by atoms with Gasteiger partial charge in [0, 0.05) is 12.6 Å². The molecule has 0 aromatic carbocycles. The molecule has 0 saturated carbocycles. The monoisotopic (exact) mass is 273 g/mol. The van der Waals surface area contributed by atoms with Crippen LogP contribution in [0.15, 0.2) is 0 Å². The van der Waals surface area contributed by atoms with Crippen LogP contribution in [-0.4, -0.2) is 36.7 Å². The van der Waals surface area contributed by atoms with Gasteiger partial charge in [-0.1, -0.05) is 13.8 Å². The standard InChI is InChI=1S/C14H27NO4/c1-9(2)7-8-18-12(6)14(17)19-11(5)13(16)15-10(3)4/h9-12H,7-8H2,1-6H3,(H,15,16). The first-order valence-electron chi connectivity index (χ1n) is 6.86. The Balaban J connectivity index is 4.03. The van der Waals surface area contributed by atoms with E-state index in [0.29, 0.717) is 12.5 Å². The molecule has 0 aliphatic rings. The summed E-state index contributed by atoms with van der Waals surface area (Å²) in [6, 6.07) is 0.0216. The lowest BCUT2D eigenvalue weighted by Gasteiger charge is -2.18. The number of carbonyl (C=O) groups is 2. The number of carbonyl (C=O) groups excluding carboxylic acids is 2. The predicted octanol–water partition coefficient (Wildman–Crippen LogP) is 1.89. The molecule has 0 aliphatic heterocycles. The van der Waals surface area contributed by atoms with E-state index >= 15 is 0 Å². The summed E-state index contributed by atoms with van der Waals surface area (Å²) in [5, 5.41) is 2.69. The van der Waals surface area contributed by atoms with E-state index in [9.17, 15) is 9.59 Å². The molecular weight excluding hydrogens is 246 g/mol. The fourth-order valence-corrected chi connectivity index (χ4v) is 1.27. The molecule has 0 radical (unpaired) electrons. The van der Waals surface area contributed by atoms with Crippen molar-refractivity contribution in [1.29, 1.82) is 0 Å². The van der Waals surface area contributed by atoms with Gasteiger partial charge in [0.1, 0.15) is 0 Å². The fourth-order valence-electron chi connectivity index (χ4n) is 1.27. The van der Waals surface area contributed by atoms with Crippen LogP contribution in [0, 0.1) is 5.92 Å². The van der Waals surface area contributed by atoms with Gasteiger partial charge >= 0.3 is 5.97 Å². The maximum atomic E-state index is 11.7. The van der Waals surface area contributed by atoms with Gasteiger partial charge in [0.15, 0.2) is 12.2 Å². The Morgan fingerprint density at radius 1 is 1.00 bits per heavy atom. The minimum absolute atomic E-state index is 0.0216. The Hall–Kier alpha value is -1.10. The Morgan fingerprint density at radius 2 is 1.58 bits per heavy atom. The zero-order valence-corrected chi connectivity index (χ0v) is 12.9. The van der Waals surface area contributed by atoms with Crippen molar-refractivity contribution < 1.29 is 19.1 Å². The second-order valence-electron chi connectivity index (χ2n) is 5.44. The van der Waals surface area contributed by atoms with E-state index in [1.807, 2.05) is 13.8 Å². The highest BCUT2D eigenvalue weighted by atomic mass is 16.6. The summed E-state index contributed by atoms with van der Waals surface area (Å²) in [5.74, 6) is -0.271. The van der Waals surface area contributed by atoms with Crippen molar-refractivity contribution in [2.24, 2.45) is 5.92 Å². The van der Waals surface area contributed by atoms with Gasteiger partial charge in [0.05, 0.1) is 0 Å². The molecule has 0 saturated heterocycles. The van der Waals surface area contributed by atoms with Gasteiger partial charge < -0.3 is 14.8 Å². The maximum Gasteiger partial charge on any atom is 0.335 e. The van der Waals surface area contributed by atoms with Gasteiger partial charge in [-0.05, 0) is 40.0 Å².